The summed E-state index contributed by atoms with van der Waals surface area (Å²) in [6.07, 6.45) is 2.04. The van der Waals surface area contributed by atoms with E-state index in [1.807, 2.05) is 6.08 Å². The van der Waals surface area contributed by atoms with Crippen molar-refractivity contribution in [3.63, 3.8) is 0 Å². The topological polar surface area (TPSA) is 38.4 Å². The zero-order valence-electron chi connectivity index (χ0n) is 5.02. The van der Waals surface area contributed by atoms with Crippen LogP contribution in [0.15, 0.2) is 16.6 Å². The lowest BCUT2D eigenvalue weighted by Crippen LogP contribution is -2.08. The zero-order valence-corrected chi connectivity index (χ0v) is 5.02. The highest BCUT2D eigenvalue weighted by Crippen LogP contribution is 2.01. The molecule has 0 aromatic rings. The molecular weight excluding hydrogens is 100 g/mol. The van der Waals surface area contributed by atoms with Crippen molar-refractivity contribution in [2.24, 2.45) is 10.7 Å². The van der Waals surface area contributed by atoms with E-state index in [1.54, 1.807) is 0 Å². The largest absolute Gasteiger partial charge is 0.325 e. The third-order valence-corrected chi connectivity index (χ3v) is 1.15. The Kier molecular flexibility index (Phi) is 1.44. The van der Waals surface area contributed by atoms with Crippen molar-refractivity contribution >= 4 is 5.71 Å². The van der Waals surface area contributed by atoms with E-state index in [4.69, 9.17) is 5.73 Å². The van der Waals surface area contributed by atoms with Crippen molar-refractivity contribution < 1.29 is 0 Å². The minimum absolute atomic E-state index is 0.581. The third-order valence-electron chi connectivity index (χ3n) is 1.15. The summed E-state index contributed by atoms with van der Waals surface area (Å²) in [5.41, 5.74) is 7.66. The van der Waals surface area contributed by atoms with Crippen LogP contribution in [-0.2, 0) is 0 Å². The van der Waals surface area contributed by atoms with Gasteiger partial charge < -0.3 is 5.73 Å². The molecule has 2 N–H and O–H groups in total. The molecule has 0 spiro atoms. The summed E-state index contributed by atoms with van der Waals surface area (Å²) in [6.45, 7) is 3.50. The van der Waals surface area contributed by atoms with Gasteiger partial charge in [0.2, 0.25) is 0 Å². The lowest BCUT2D eigenvalue weighted by Gasteiger charge is -1.83. The molecule has 0 bridgehead atoms. The van der Waals surface area contributed by atoms with Gasteiger partial charge in [-0.15, -0.1) is 0 Å². The van der Waals surface area contributed by atoms with E-state index in [1.165, 1.54) is 5.57 Å². The molecule has 1 aliphatic heterocycles. The maximum atomic E-state index is 5.32. The standard InChI is InChI=1S/C6H10N2/c1-5-2-6(3-7)8-4-5/h2H,3-4,7H2,1H3. The molecule has 0 radical (unpaired) electrons. The first-order valence-corrected chi connectivity index (χ1v) is 2.73. The molecule has 0 aromatic heterocycles. The molecule has 0 atom stereocenters. The predicted octanol–water partition coefficient (Wildman–Crippen LogP) is 0.346. The summed E-state index contributed by atoms with van der Waals surface area (Å²) in [5.74, 6) is 0. The molecule has 44 valence electrons. The Labute approximate surface area is 49.1 Å². The van der Waals surface area contributed by atoms with Crippen molar-refractivity contribution in [1.29, 1.82) is 0 Å². The number of hydrogen-bond acceptors (Lipinski definition) is 2. The lowest BCUT2D eigenvalue weighted by atomic mass is 10.3. The summed E-state index contributed by atoms with van der Waals surface area (Å²) in [6, 6.07) is 0. The average molecular weight is 110 g/mol. The van der Waals surface area contributed by atoms with Gasteiger partial charge in [0.05, 0.1) is 6.54 Å². The molecule has 0 amide bonds. The maximum Gasteiger partial charge on any atom is 0.0604 e. The van der Waals surface area contributed by atoms with Gasteiger partial charge in [0.15, 0.2) is 0 Å². The first-order chi connectivity index (χ1) is 3.83. The Morgan fingerprint density at radius 1 is 1.88 bits per heavy atom. The predicted molar refractivity (Wildman–Crippen MR) is 35.1 cm³/mol. The fourth-order valence-electron chi connectivity index (χ4n) is 0.725. The Morgan fingerprint density at radius 2 is 2.62 bits per heavy atom. The van der Waals surface area contributed by atoms with E-state index in [0.29, 0.717) is 6.54 Å². The highest BCUT2D eigenvalue weighted by molar-refractivity contribution is 5.98. The van der Waals surface area contributed by atoms with Crippen LogP contribution >= 0.6 is 0 Å². The second-order valence-electron chi connectivity index (χ2n) is 2.00. The van der Waals surface area contributed by atoms with Crippen LogP contribution in [0.5, 0.6) is 0 Å². The first kappa shape index (κ1) is 5.51. The van der Waals surface area contributed by atoms with E-state index in [2.05, 4.69) is 11.9 Å². The molecule has 1 rings (SSSR count). The summed E-state index contributed by atoms with van der Waals surface area (Å²) >= 11 is 0. The number of hydrogen-bond donors (Lipinski definition) is 1. The normalized spacial score (nSPS) is 18.2. The van der Waals surface area contributed by atoms with Gasteiger partial charge in [-0.2, -0.15) is 0 Å². The average Bonchev–Trinajstić information content (AvgIpc) is 2.14. The Bertz CT molecular complexity index is 145. The molecule has 0 unspecified atom stereocenters. The van der Waals surface area contributed by atoms with Gasteiger partial charge in [0, 0.05) is 12.3 Å². The molecule has 1 heterocycles. The second kappa shape index (κ2) is 2.09. The van der Waals surface area contributed by atoms with Crippen LogP contribution in [-0.4, -0.2) is 18.8 Å². The molecule has 0 aliphatic carbocycles. The van der Waals surface area contributed by atoms with Crippen molar-refractivity contribution in [3.05, 3.63) is 11.6 Å². The van der Waals surface area contributed by atoms with E-state index >= 15 is 0 Å². The van der Waals surface area contributed by atoms with Crippen molar-refractivity contribution in [3.8, 4) is 0 Å². The summed E-state index contributed by atoms with van der Waals surface area (Å²) < 4.78 is 0. The van der Waals surface area contributed by atoms with E-state index in [0.717, 1.165) is 12.3 Å². The van der Waals surface area contributed by atoms with Gasteiger partial charge in [-0.05, 0) is 13.0 Å². The summed E-state index contributed by atoms with van der Waals surface area (Å²) in [4.78, 5) is 4.13. The SMILES string of the molecule is CC1=CC(CN)=NC1. The molecular formula is C6H10N2. The Morgan fingerprint density at radius 3 is 2.88 bits per heavy atom. The summed E-state index contributed by atoms with van der Waals surface area (Å²) in [5, 5.41) is 0. The zero-order chi connectivity index (χ0) is 5.98. The van der Waals surface area contributed by atoms with Crippen LogP contribution in [0.4, 0.5) is 0 Å². The van der Waals surface area contributed by atoms with E-state index in [-0.39, 0.29) is 0 Å². The van der Waals surface area contributed by atoms with Crippen LogP contribution in [0.1, 0.15) is 6.92 Å². The smallest absolute Gasteiger partial charge is 0.0604 e. The van der Waals surface area contributed by atoms with Crippen LogP contribution in [0.25, 0.3) is 0 Å². The van der Waals surface area contributed by atoms with Crippen molar-refractivity contribution in [1.82, 2.24) is 0 Å². The quantitative estimate of drug-likeness (QED) is 0.519. The number of aliphatic imine (C=N–C) groups is 1. The van der Waals surface area contributed by atoms with Gasteiger partial charge in [-0.25, -0.2) is 0 Å². The molecule has 2 heteroatoms. The maximum absolute atomic E-state index is 5.32. The highest BCUT2D eigenvalue weighted by atomic mass is 14.8. The Hall–Kier alpha value is -0.630. The third kappa shape index (κ3) is 0.954. The van der Waals surface area contributed by atoms with Crippen molar-refractivity contribution in [2.75, 3.05) is 13.1 Å². The molecule has 0 saturated heterocycles. The Balaban J connectivity index is 2.58. The van der Waals surface area contributed by atoms with Gasteiger partial charge >= 0.3 is 0 Å². The minimum Gasteiger partial charge on any atom is -0.325 e. The fraction of sp³-hybridized carbons (Fsp3) is 0.500. The first-order valence-electron chi connectivity index (χ1n) is 2.73. The monoisotopic (exact) mass is 110 g/mol. The van der Waals surface area contributed by atoms with Gasteiger partial charge in [-0.1, -0.05) is 5.57 Å². The van der Waals surface area contributed by atoms with Crippen LogP contribution in [0.3, 0.4) is 0 Å². The molecule has 0 saturated carbocycles. The molecule has 1 aliphatic rings. The van der Waals surface area contributed by atoms with Crippen LogP contribution in [0.2, 0.25) is 0 Å². The van der Waals surface area contributed by atoms with Crippen LogP contribution < -0.4 is 5.73 Å². The van der Waals surface area contributed by atoms with Crippen LogP contribution in [0, 0.1) is 0 Å². The second-order valence-corrected chi connectivity index (χ2v) is 2.00. The minimum atomic E-state index is 0.581. The fourth-order valence-corrected chi connectivity index (χ4v) is 0.725. The highest BCUT2D eigenvalue weighted by Gasteiger charge is 1.99. The van der Waals surface area contributed by atoms with Gasteiger partial charge in [0.1, 0.15) is 0 Å². The number of rotatable bonds is 1. The molecule has 8 heavy (non-hydrogen) atoms. The molecule has 2 nitrogen and oxygen atoms in total. The van der Waals surface area contributed by atoms with Gasteiger partial charge in [-0.3, -0.25) is 4.99 Å². The number of nitrogens with zero attached hydrogens (tertiary/aromatic N) is 1. The van der Waals surface area contributed by atoms with Gasteiger partial charge in [0.25, 0.3) is 0 Å². The summed E-state index contributed by atoms with van der Waals surface area (Å²) in [7, 11) is 0. The molecule has 0 aromatic carbocycles. The molecule has 0 fully saturated rings. The lowest BCUT2D eigenvalue weighted by molar-refractivity contribution is 1.16. The number of nitrogens with two attached hydrogens (primary N) is 1. The van der Waals surface area contributed by atoms with E-state index < -0.39 is 0 Å². The van der Waals surface area contributed by atoms with E-state index in [9.17, 15) is 0 Å². The van der Waals surface area contributed by atoms with Crippen molar-refractivity contribution in [2.45, 2.75) is 6.92 Å².